The molecule has 166 valence electrons. The van der Waals surface area contributed by atoms with E-state index in [1.54, 1.807) is 7.05 Å². The van der Waals surface area contributed by atoms with E-state index in [9.17, 15) is 4.79 Å². The van der Waals surface area contributed by atoms with Crippen molar-refractivity contribution in [2.24, 2.45) is 4.99 Å². The number of morpholine rings is 1. The molecule has 0 bridgehead atoms. The zero-order valence-electron chi connectivity index (χ0n) is 19.0. The van der Waals surface area contributed by atoms with Crippen molar-refractivity contribution in [3.63, 3.8) is 0 Å². The van der Waals surface area contributed by atoms with Crippen LogP contribution in [0.1, 0.15) is 47.8 Å². The van der Waals surface area contributed by atoms with Gasteiger partial charge >= 0.3 is 0 Å². The maximum absolute atomic E-state index is 12.8. The van der Waals surface area contributed by atoms with E-state index >= 15 is 0 Å². The standard InChI is InChI=1S/C25H34N4O2/c1-5-21-8-6-7-9-23(21)15-28-25(26-4)27-14-20-10-12-22(13-11-20)24(30)29-16-18(2)31-19(3)17-29/h6-13,18-19H,5,14-17H2,1-4H3,(H2,26,27,28). The van der Waals surface area contributed by atoms with Crippen LogP contribution in [0.4, 0.5) is 0 Å². The second-order valence-corrected chi connectivity index (χ2v) is 8.07. The quantitative estimate of drug-likeness (QED) is 0.553. The molecular formula is C25H34N4O2. The Morgan fingerprint density at radius 3 is 2.23 bits per heavy atom. The van der Waals surface area contributed by atoms with Crippen molar-refractivity contribution in [3.8, 4) is 0 Å². The van der Waals surface area contributed by atoms with E-state index in [1.165, 1.54) is 11.1 Å². The van der Waals surface area contributed by atoms with Gasteiger partial charge in [-0.1, -0.05) is 43.3 Å². The molecule has 1 fully saturated rings. The normalized spacial score (nSPS) is 19.2. The molecule has 0 saturated carbocycles. The van der Waals surface area contributed by atoms with Gasteiger partial charge in [0.25, 0.3) is 5.91 Å². The number of carbonyl (C=O) groups excluding carboxylic acids is 1. The smallest absolute Gasteiger partial charge is 0.254 e. The molecule has 6 heteroatoms. The molecule has 2 unspecified atom stereocenters. The summed E-state index contributed by atoms with van der Waals surface area (Å²) in [6.45, 7) is 8.81. The SMILES string of the molecule is CCc1ccccc1CNC(=NC)NCc1ccc(C(=O)N2CC(C)OC(C)C2)cc1. The van der Waals surface area contributed by atoms with Crippen molar-refractivity contribution in [2.45, 2.75) is 52.5 Å². The van der Waals surface area contributed by atoms with Gasteiger partial charge in [0, 0.05) is 38.8 Å². The largest absolute Gasteiger partial charge is 0.372 e. The van der Waals surface area contributed by atoms with Crippen LogP contribution in [0, 0.1) is 0 Å². The third-order valence-corrected chi connectivity index (χ3v) is 5.54. The van der Waals surface area contributed by atoms with Gasteiger partial charge < -0.3 is 20.3 Å². The summed E-state index contributed by atoms with van der Waals surface area (Å²) in [6.07, 6.45) is 1.15. The first-order valence-corrected chi connectivity index (χ1v) is 11.0. The van der Waals surface area contributed by atoms with Crippen LogP contribution in [0.3, 0.4) is 0 Å². The van der Waals surface area contributed by atoms with Crippen molar-refractivity contribution in [2.75, 3.05) is 20.1 Å². The summed E-state index contributed by atoms with van der Waals surface area (Å²) in [7, 11) is 1.77. The Labute approximate surface area is 185 Å². The van der Waals surface area contributed by atoms with E-state index in [0.717, 1.165) is 24.5 Å². The maximum Gasteiger partial charge on any atom is 0.254 e. The van der Waals surface area contributed by atoms with Crippen LogP contribution < -0.4 is 10.6 Å². The van der Waals surface area contributed by atoms with Crippen LogP contribution in [0.15, 0.2) is 53.5 Å². The van der Waals surface area contributed by atoms with Crippen molar-refractivity contribution in [3.05, 3.63) is 70.8 Å². The number of aliphatic imine (C=N–C) groups is 1. The minimum atomic E-state index is 0.0635. The van der Waals surface area contributed by atoms with Gasteiger partial charge in [0.05, 0.1) is 12.2 Å². The fourth-order valence-corrected chi connectivity index (χ4v) is 3.95. The lowest BCUT2D eigenvalue weighted by Crippen LogP contribution is -2.48. The van der Waals surface area contributed by atoms with E-state index in [2.05, 4.69) is 46.8 Å². The number of carbonyl (C=O) groups is 1. The van der Waals surface area contributed by atoms with Crippen LogP contribution in [0.5, 0.6) is 0 Å². The molecular weight excluding hydrogens is 388 g/mol. The van der Waals surface area contributed by atoms with Gasteiger partial charge in [-0.05, 0) is 49.1 Å². The molecule has 1 amide bonds. The Balaban J connectivity index is 1.52. The summed E-state index contributed by atoms with van der Waals surface area (Å²) in [4.78, 5) is 19.0. The topological polar surface area (TPSA) is 66.0 Å². The molecule has 6 nitrogen and oxygen atoms in total. The van der Waals surface area contributed by atoms with E-state index < -0.39 is 0 Å². The molecule has 2 atom stereocenters. The van der Waals surface area contributed by atoms with Gasteiger partial charge in [0.15, 0.2) is 5.96 Å². The molecule has 31 heavy (non-hydrogen) atoms. The number of benzene rings is 2. The van der Waals surface area contributed by atoms with Crippen LogP contribution in [0.25, 0.3) is 0 Å². The third kappa shape index (κ3) is 6.31. The minimum absolute atomic E-state index is 0.0635. The number of guanidine groups is 1. The third-order valence-electron chi connectivity index (χ3n) is 5.54. The van der Waals surface area contributed by atoms with Crippen molar-refractivity contribution in [1.82, 2.24) is 15.5 Å². The molecule has 2 N–H and O–H groups in total. The highest BCUT2D eigenvalue weighted by atomic mass is 16.5. The van der Waals surface area contributed by atoms with Gasteiger partial charge in [0.2, 0.25) is 0 Å². The molecule has 2 aromatic carbocycles. The molecule has 1 aliphatic heterocycles. The lowest BCUT2D eigenvalue weighted by molar-refractivity contribution is -0.0586. The van der Waals surface area contributed by atoms with Crippen molar-refractivity contribution >= 4 is 11.9 Å². The van der Waals surface area contributed by atoms with Crippen LogP contribution in [0.2, 0.25) is 0 Å². The van der Waals surface area contributed by atoms with Gasteiger partial charge in [-0.2, -0.15) is 0 Å². The van der Waals surface area contributed by atoms with Gasteiger partial charge in [-0.3, -0.25) is 9.79 Å². The fourth-order valence-electron chi connectivity index (χ4n) is 3.95. The van der Waals surface area contributed by atoms with E-state index in [4.69, 9.17) is 4.74 Å². The second-order valence-electron chi connectivity index (χ2n) is 8.07. The van der Waals surface area contributed by atoms with Gasteiger partial charge in [-0.25, -0.2) is 0 Å². The summed E-state index contributed by atoms with van der Waals surface area (Å²) in [5.74, 6) is 0.816. The number of amides is 1. The first kappa shape index (κ1) is 22.8. The first-order valence-electron chi connectivity index (χ1n) is 11.0. The number of hydrogen-bond acceptors (Lipinski definition) is 3. The van der Waals surface area contributed by atoms with Crippen LogP contribution in [-0.4, -0.2) is 49.1 Å². The molecule has 2 aromatic rings. The monoisotopic (exact) mass is 422 g/mol. The van der Waals surface area contributed by atoms with Crippen LogP contribution in [-0.2, 0) is 24.2 Å². The zero-order chi connectivity index (χ0) is 22.2. The minimum Gasteiger partial charge on any atom is -0.372 e. The van der Waals surface area contributed by atoms with Crippen LogP contribution >= 0.6 is 0 Å². The summed E-state index contributed by atoms with van der Waals surface area (Å²) in [6, 6.07) is 16.2. The highest BCUT2D eigenvalue weighted by Crippen LogP contribution is 2.15. The predicted molar refractivity (Wildman–Crippen MR) is 125 cm³/mol. The molecule has 1 aliphatic rings. The Morgan fingerprint density at radius 2 is 1.61 bits per heavy atom. The number of nitrogens with zero attached hydrogens (tertiary/aromatic N) is 2. The summed E-state index contributed by atoms with van der Waals surface area (Å²) >= 11 is 0. The molecule has 0 radical (unpaired) electrons. The van der Waals surface area contributed by atoms with E-state index in [0.29, 0.717) is 25.2 Å². The highest BCUT2D eigenvalue weighted by Gasteiger charge is 2.26. The number of rotatable bonds is 6. The molecule has 1 saturated heterocycles. The molecule has 0 spiro atoms. The Bertz CT molecular complexity index is 885. The number of nitrogens with one attached hydrogen (secondary N) is 2. The molecule has 0 aliphatic carbocycles. The lowest BCUT2D eigenvalue weighted by atomic mass is 10.1. The number of aryl methyl sites for hydroxylation is 1. The maximum atomic E-state index is 12.8. The number of hydrogen-bond donors (Lipinski definition) is 2. The second kappa shape index (κ2) is 11.0. The van der Waals surface area contributed by atoms with Crippen molar-refractivity contribution in [1.29, 1.82) is 0 Å². The summed E-state index contributed by atoms with van der Waals surface area (Å²) < 4.78 is 5.73. The molecule has 3 rings (SSSR count). The van der Waals surface area contributed by atoms with E-state index in [1.807, 2.05) is 43.0 Å². The van der Waals surface area contributed by atoms with Crippen molar-refractivity contribution < 1.29 is 9.53 Å². The number of ether oxygens (including phenoxy) is 1. The lowest BCUT2D eigenvalue weighted by Gasteiger charge is -2.35. The van der Waals surface area contributed by atoms with Gasteiger partial charge in [0.1, 0.15) is 0 Å². The average molecular weight is 423 g/mol. The summed E-state index contributed by atoms with van der Waals surface area (Å²) in [5, 5.41) is 6.72. The fraction of sp³-hybridized carbons (Fsp3) is 0.440. The zero-order valence-corrected chi connectivity index (χ0v) is 19.0. The predicted octanol–water partition coefficient (Wildman–Crippen LogP) is 3.36. The average Bonchev–Trinajstić information content (AvgIpc) is 2.78. The Kier molecular flexibility index (Phi) is 8.06. The molecule has 1 heterocycles. The van der Waals surface area contributed by atoms with E-state index in [-0.39, 0.29) is 18.1 Å². The highest BCUT2D eigenvalue weighted by molar-refractivity contribution is 5.94. The Hall–Kier alpha value is -2.86. The Morgan fingerprint density at radius 1 is 1.00 bits per heavy atom. The van der Waals surface area contributed by atoms with Gasteiger partial charge in [-0.15, -0.1) is 0 Å². The molecule has 0 aromatic heterocycles. The first-order chi connectivity index (χ1) is 15.0. The summed E-state index contributed by atoms with van der Waals surface area (Å²) in [5.41, 5.74) is 4.43.